The normalized spacial score (nSPS) is 30.0. The number of amides is 2. The van der Waals surface area contributed by atoms with E-state index in [0.717, 1.165) is 50.6 Å². The molecular formula is C21H29N3O3. The van der Waals surface area contributed by atoms with Gasteiger partial charge in [-0.3, -0.25) is 14.6 Å². The highest BCUT2D eigenvalue weighted by atomic mass is 16.5. The van der Waals surface area contributed by atoms with Crippen LogP contribution in [0.25, 0.3) is 0 Å². The van der Waals surface area contributed by atoms with Crippen LogP contribution < -0.4 is 5.32 Å². The molecule has 2 amide bonds. The quantitative estimate of drug-likeness (QED) is 0.831. The molecule has 2 aliphatic carbocycles. The fourth-order valence-electron chi connectivity index (χ4n) is 4.73. The maximum atomic E-state index is 12.9. The number of ether oxygens (including phenoxy) is 1. The van der Waals surface area contributed by atoms with E-state index in [4.69, 9.17) is 4.74 Å². The molecule has 4 rings (SSSR count). The summed E-state index contributed by atoms with van der Waals surface area (Å²) in [5, 5.41) is 3.21. The Morgan fingerprint density at radius 3 is 2.89 bits per heavy atom. The first-order valence-electron chi connectivity index (χ1n) is 10.2. The van der Waals surface area contributed by atoms with Crippen LogP contribution in [0, 0.1) is 5.92 Å². The Morgan fingerprint density at radius 1 is 1.33 bits per heavy atom. The van der Waals surface area contributed by atoms with E-state index in [0.29, 0.717) is 12.8 Å². The lowest BCUT2D eigenvalue weighted by atomic mass is 9.78. The standard InChI is InChI=1S/C21H29N3O3/c1-27-21-9-8-17(23-20(26)16-5-6-16)13-18(21)24(12-10-21)19(25)7-4-15-3-2-11-22-14-15/h2-3,11,14,16-18H,4-10,12-13H2,1H3,(H,23,26)/t17-,18+,21-/m1/s1. The monoisotopic (exact) mass is 371 g/mol. The summed E-state index contributed by atoms with van der Waals surface area (Å²) in [7, 11) is 1.76. The van der Waals surface area contributed by atoms with Gasteiger partial charge in [-0.05, 0) is 56.6 Å². The first-order chi connectivity index (χ1) is 13.1. The van der Waals surface area contributed by atoms with E-state index in [9.17, 15) is 9.59 Å². The van der Waals surface area contributed by atoms with Crippen molar-refractivity contribution in [3.8, 4) is 0 Å². The predicted octanol–water partition coefficient (Wildman–Crippen LogP) is 2.08. The number of likely N-dealkylation sites (tertiary alicyclic amines) is 1. The molecule has 2 saturated carbocycles. The van der Waals surface area contributed by atoms with Crippen LogP contribution in [0.5, 0.6) is 0 Å². The van der Waals surface area contributed by atoms with Gasteiger partial charge in [0.1, 0.15) is 0 Å². The average molecular weight is 371 g/mol. The first-order valence-corrected chi connectivity index (χ1v) is 10.2. The molecule has 3 fully saturated rings. The van der Waals surface area contributed by atoms with Gasteiger partial charge in [0.25, 0.3) is 0 Å². The van der Waals surface area contributed by atoms with Crippen molar-refractivity contribution in [1.29, 1.82) is 0 Å². The van der Waals surface area contributed by atoms with E-state index in [-0.39, 0.29) is 35.4 Å². The number of hydrogen-bond acceptors (Lipinski definition) is 4. The Hall–Kier alpha value is -1.95. The SMILES string of the molecule is CO[C@@]12CC[C@@H](NC(=O)C3CC3)C[C@@H]1N(C(=O)CCc1cccnc1)CC2. The Kier molecular flexibility index (Phi) is 5.17. The molecule has 1 aliphatic heterocycles. The van der Waals surface area contributed by atoms with E-state index in [1.165, 1.54) is 0 Å². The number of carbonyl (C=O) groups is 2. The second-order valence-corrected chi connectivity index (χ2v) is 8.24. The highest BCUT2D eigenvalue weighted by Crippen LogP contribution is 2.43. The van der Waals surface area contributed by atoms with Crippen LogP contribution in [0.2, 0.25) is 0 Å². The van der Waals surface area contributed by atoms with E-state index in [1.807, 2.05) is 23.2 Å². The summed E-state index contributed by atoms with van der Waals surface area (Å²) in [4.78, 5) is 31.2. The Morgan fingerprint density at radius 2 is 2.19 bits per heavy atom. The molecule has 6 heteroatoms. The second-order valence-electron chi connectivity index (χ2n) is 8.24. The minimum Gasteiger partial charge on any atom is -0.376 e. The van der Waals surface area contributed by atoms with Crippen LogP contribution in [0.1, 0.15) is 50.5 Å². The van der Waals surface area contributed by atoms with Gasteiger partial charge in [-0.2, -0.15) is 0 Å². The smallest absolute Gasteiger partial charge is 0.223 e. The van der Waals surface area contributed by atoms with Gasteiger partial charge in [0.2, 0.25) is 11.8 Å². The highest BCUT2D eigenvalue weighted by molar-refractivity contribution is 5.81. The maximum absolute atomic E-state index is 12.9. The molecule has 0 radical (unpaired) electrons. The minimum atomic E-state index is -0.245. The van der Waals surface area contributed by atoms with Gasteiger partial charge >= 0.3 is 0 Å². The highest BCUT2D eigenvalue weighted by Gasteiger charge is 2.52. The summed E-state index contributed by atoms with van der Waals surface area (Å²) in [6, 6.07) is 4.12. The van der Waals surface area contributed by atoms with Gasteiger partial charge in [-0.25, -0.2) is 0 Å². The minimum absolute atomic E-state index is 0.0575. The number of methoxy groups -OCH3 is 1. The number of nitrogens with zero attached hydrogens (tertiary/aromatic N) is 2. The molecular weight excluding hydrogens is 342 g/mol. The molecule has 2 heterocycles. The number of fused-ring (bicyclic) bond motifs is 1. The molecule has 3 aliphatic rings. The van der Waals surface area contributed by atoms with Crippen LogP contribution in [0.4, 0.5) is 0 Å². The van der Waals surface area contributed by atoms with Crippen LogP contribution in [-0.2, 0) is 20.7 Å². The Balaban J connectivity index is 1.40. The molecule has 27 heavy (non-hydrogen) atoms. The number of rotatable bonds is 6. The van der Waals surface area contributed by atoms with Crippen LogP contribution in [0.15, 0.2) is 24.5 Å². The average Bonchev–Trinajstić information content (AvgIpc) is 3.48. The van der Waals surface area contributed by atoms with Crippen molar-refractivity contribution < 1.29 is 14.3 Å². The zero-order valence-electron chi connectivity index (χ0n) is 16.0. The number of aryl methyl sites for hydroxylation is 1. The van der Waals surface area contributed by atoms with Crippen LogP contribution >= 0.6 is 0 Å². The topological polar surface area (TPSA) is 71.5 Å². The molecule has 1 aromatic rings. The van der Waals surface area contributed by atoms with Crippen LogP contribution in [0.3, 0.4) is 0 Å². The molecule has 1 N–H and O–H groups in total. The summed E-state index contributed by atoms with van der Waals surface area (Å²) in [6.07, 6.45) is 10.3. The summed E-state index contributed by atoms with van der Waals surface area (Å²) in [5.41, 5.74) is 0.839. The lowest BCUT2D eigenvalue weighted by Crippen LogP contribution is -2.56. The van der Waals surface area contributed by atoms with E-state index >= 15 is 0 Å². The fraction of sp³-hybridized carbons (Fsp3) is 0.667. The molecule has 0 spiro atoms. The molecule has 1 aromatic heterocycles. The van der Waals surface area contributed by atoms with Crippen molar-refractivity contribution in [2.45, 2.75) is 69.1 Å². The molecule has 0 aromatic carbocycles. The fourth-order valence-corrected chi connectivity index (χ4v) is 4.73. The van der Waals surface area contributed by atoms with Gasteiger partial charge in [0, 0.05) is 44.4 Å². The molecule has 0 unspecified atom stereocenters. The van der Waals surface area contributed by atoms with Gasteiger partial charge < -0.3 is 15.0 Å². The Bertz CT molecular complexity index is 691. The van der Waals surface area contributed by atoms with E-state index in [2.05, 4.69) is 10.3 Å². The van der Waals surface area contributed by atoms with Crippen molar-refractivity contribution in [1.82, 2.24) is 15.2 Å². The predicted molar refractivity (Wildman–Crippen MR) is 101 cm³/mol. The van der Waals surface area contributed by atoms with Gasteiger partial charge in [-0.1, -0.05) is 6.07 Å². The van der Waals surface area contributed by atoms with Crippen molar-refractivity contribution in [3.05, 3.63) is 30.1 Å². The lowest BCUT2D eigenvalue weighted by Gasteiger charge is -2.43. The number of pyridine rings is 1. The maximum Gasteiger partial charge on any atom is 0.223 e. The summed E-state index contributed by atoms with van der Waals surface area (Å²) >= 11 is 0. The third kappa shape index (κ3) is 3.86. The van der Waals surface area contributed by atoms with Gasteiger partial charge in [-0.15, -0.1) is 0 Å². The zero-order chi connectivity index (χ0) is 18.9. The summed E-state index contributed by atoms with van der Waals surface area (Å²) in [6.45, 7) is 0.744. The molecule has 3 atom stereocenters. The number of aromatic nitrogens is 1. The Labute approximate surface area is 160 Å². The van der Waals surface area contributed by atoms with Crippen LogP contribution in [-0.4, -0.2) is 53.0 Å². The van der Waals surface area contributed by atoms with E-state index < -0.39 is 0 Å². The van der Waals surface area contributed by atoms with Crippen molar-refractivity contribution in [2.24, 2.45) is 5.92 Å². The molecule has 1 saturated heterocycles. The number of hydrogen-bond donors (Lipinski definition) is 1. The lowest BCUT2D eigenvalue weighted by molar-refractivity contribution is -0.138. The third-order valence-corrected chi connectivity index (χ3v) is 6.55. The summed E-state index contributed by atoms with van der Waals surface area (Å²) < 4.78 is 5.94. The van der Waals surface area contributed by atoms with E-state index in [1.54, 1.807) is 13.3 Å². The van der Waals surface area contributed by atoms with Gasteiger partial charge in [0.05, 0.1) is 11.6 Å². The van der Waals surface area contributed by atoms with Crippen molar-refractivity contribution in [2.75, 3.05) is 13.7 Å². The molecule has 6 nitrogen and oxygen atoms in total. The second kappa shape index (κ2) is 7.58. The number of carbonyl (C=O) groups excluding carboxylic acids is 2. The number of nitrogens with one attached hydrogen (secondary N) is 1. The largest absolute Gasteiger partial charge is 0.376 e. The third-order valence-electron chi connectivity index (χ3n) is 6.55. The van der Waals surface area contributed by atoms with Gasteiger partial charge in [0.15, 0.2) is 0 Å². The first kappa shape index (κ1) is 18.4. The van der Waals surface area contributed by atoms with Crippen molar-refractivity contribution >= 4 is 11.8 Å². The van der Waals surface area contributed by atoms with Crippen molar-refractivity contribution in [3.63, 3.8) is 0 Å². The summed E-state index contributed by atoms with van der Waals surface area (Å²) in [5.74, 6) is 0.592. The zero-order valence-corrected chi connectivity index (χ0v) is 16.0. The molecule has 0 bridgehead atoms. The molecule has 146 valence electrons.